The first-order chi connectivity index (χ1) is 18.1. The summed E-state index contributed by atoms with van der Waals surface area (Å²) in [6.45, 7) is 2.78. The SMILES string of the molecule is CC(C)(C)OC(=O)N1C[C@H](F)[C@H](NC(=O)c2cc(-c3cc(C(F)(F)F)c4c(N)ncnn34)cc(F)c2CF)C1. The molecular formula is C24H24F6N6O3. The van der Waals surface area contributed by atoms with Gasteiger partial charge in [-0.05, 0) is 39.0 Å². The lowest BCUT2D eigenvalue weighted by Gasteiger charge is -2.24. The predicted octanol–water partition coefficient (Wildman–Crippen LogP) is 4.29. The Hall–Kier alpha value is -4.04. The van der Waals surface area contributed by atoms with Gasteiger partial charge in [0.15, 0.2) is 5.82 Å². The maximum absolute atomic E-state index is 14.9. The molecule has 1 aromatic carbocycles. The molecule has 1 fully saturated rings. The summed E-state index contributed by atoms with van der Waals surface area (Å²) in [5, 5.41) is 6.09. The Morgan fingerprint density at radius 2 is 1.87 bits per heavy atom. The van der Waals surface area contributed by atoms with E-state index >= 15 is 0 Å². The van der Waals surface area contributed by atoms with Gasteiger partial charge in [-0.2, -0.15) is 18.3 Å². The van der Waals surface area contributed by atoms with Crippen molar-refractivity contribution in [2.75, 3.05) is 18.8 Å². The van der Waals surface area contributed by atoms with Gasteiger partial charge in [0, 0.05) is 23.2 Å². The third kappa shape index (κ3) is 5.56. The molecule has 1 saturated heterocycles. The Labute approximate surface area is 217 Å². The maximum atomic E-state index is 14.9. The van der Waals surface area contributed by atoms with E-state index in [1.165, 1.54) is 0 Å². The van der Waals surface area contributed by atoms with Gasteiger partial charge in [0.05, 0.1) is 23.8 Å². The molecule has 0 bridgehead atoms. The third-order valence-corrected chi connectivity index (χ3v) is 5.97. The topological polar surface area (TPSA) is 115 Å². The summed E-state index contributed by atoms with van der Waals surface area (Å²) < 4.78 is 90.5. The van der Waals surface area contributed by atoms with E-state index in [9.17, 15) is 35.9 Å². The molecule has 9 nitrogen and oxygen atoms in total. The first kappa shape index (κ1) is 28.0. The number of carbonyl (C=O) groups excluding carboxylic acids is 2. The minimum absolute atomic E-state index is 0.253. The summed E-state index contributed by atoms with van der Waals surface area (Å²) in [6.07, 6.45) is -6.50. The molecule has 1 aliphatic rings. The van der Waals surface area contributed by atoms with Crippen LogP contribution in [0.25, 0.3) is 16.8 Å². The summed E-state index contributed by atoms with van der Waals surface area (Å²) >= 11 is 0. The lowest BCUT2D eigenvalue weighted by Crippen LogP contribution is -2.42. The molecule has 210 valence electrons. The molecule has 39 heavy (non-hydrogen) atoms. The average Bonchev–Trinajstić information content (AvgIpc) is 3.39. The molecule has 3 N–H and O–H groups in total. The molecule has 0 aliphatic carbocycles. The second kappa shape index (κ2) is 9.93. The van der Waals surface area contributed by atoms with Gasteiger partial charge in [0.1, 0.15) is 36.1 Å². The highest BCUT2D eigenvalue weighted by Crippen LogP contribution is 2.39. The maximum Gasteiger partial charge on any atom is 0.418 e. The number of hydrogen-bond donors (Lipinski definition) is 2. The number of alkyl halides is 5. The normalized spacial score (nSPS) is 18.0. The predicted molar refractivity (Wildman–Crippen MR) is 127 cm³/mol. The van der Waals surface area contributed by atoms with Crippen molar-refractivity contribution in [3.8, 4) is 11.3 Å². The largest absolute Gasteiger partial charge is 0.444 e. The van der Waals surface area contributed by atoms with Crippen LogP contribution >= 0.6 is 0 Å². The zero-order chi connectivity index (χ0) is 28.9. The molecule has 15 heteroatoms. The molecule has 3 heterocycles. The molecule has 0 unspecified atom stereocenters. The molecule has 2 amide bonds. The van der Waals surface area contributed by atoms with E-state index in [4.69, 9.17) is 10.5 Å². The Balaban J connectivity index is 1.69. The van der Waals surface area contributed by atoms with Gasteiger partial charge in [-0.1, -0.05) is 0 Å². The summed E-state index contributed by atoms with van der Waals surface area (Å²) in [5.74, 6) is -2.80. The van der Waals surface area contributed by atoms with Gasteiger partial charge < -0.3 is 20.7 Å². The second-order valence-electron chi connectivity index (χ2n) is 9.95. The lowest BCUT2D eigenvalue weighted by atomic mass is 10.0. The van der Waals surface area contributed by atoms with E-state index in [-0.39, 0.29) is 24.3 Å². The number of hydrogen-bond acceptors (Lipinski definition) is 6. The number of nitrogen functional groups attached to an aromatic ring is 1. The van der Waals surface area contributed by atoms with Crippen molar-refractivity contribution in [3.63, 3.8) is 0 Å². The Morgan fingerprint density at radius 1 is 1.18 bits per heavy atom. The van der Waals surface area contributed by atoms with Crippen LogP contribution in [-0.4, -0.2) is 62.4 Å². The van der Waals surface area contributed by atoms with Gasteiger partial charge in [-0.25, -0.2) is 27.5 Å². The second-order valence-corrected chi connectivity index (χ2v) is 9.95. The van der Waals surface area contributed by atoms with Crippen molar-refractivity contribution in [2.45, 2.75) is 51.4 Å². The number of aromatic nitrogens is 3. The van der Waals surface area contributed by atoms with Crippen LogP contribution in [0.5, 0.6) is 0 Å². The highest BCUT2D eigenvalue weighted by Gasteiger charge is 2.39. The number of nitrogens with zero attached hydrogens (tertiary/aromatic N) is 4. The Morgan fingerprint density at radius 3 is 2.49 bits per heavy atom. The monoisotopic (exact) mass is 558 g/mol. The highest BCUT2D eigenvalue weighted by molar-refractivity contribution is 5.97. The fraction of sp³-hybridized carbons (Fsp3) is 0.417. The minimum atomic E-state index is -4.88. The minimum Gasteiger partial charge on any atom is -0.444 e. The fourth-order valence-corrected chi connectivity index (χ4v) is 4.23. The Bertz CT molecular complexity index is 1430. The molecule has 1 aliphatic heterocycles. The van der Waals surface area contributed by atoms with Crippen LogP contribution in [0.15, 0.2) is 24.5 Å². The molecule has 4 rings (SSSR count). The molecular weight excluding hydrogens is 534 g/mol. The first-order valence-electron chi connectivity index (χ1n) is 11.6. The van der Waals surface area contributed by atoms with Crippen LogP contribution in [0, 0.1) is 5.82 Å². The van der Waals surface area contributed by atoms with E-state index in [0.29, 0.717) is 6.07 Å². The molecule has 3 aromatic rings. The number of anilines is 1. The third-order valence-electron chi connectivity index (χ3n) is 5.97. The van der Waals surface area contributed by atoms with Crippen LogP contribution in [0.2, 0.25) is 0 Å². The molecule has 0 saturated carbocycles. The standard InChI is InChI=1S/C24H24F6N6O3/c1-23(2,3)39-22(38)35-8-16(27)17(9-35)34-21(37)12-4-11(5-15(26)13(12)7-25)18-6-14(24(28,29)30)19-20(31)32-10-33-36(18)19/h4-6,10,16-17H,7-9H2,1-3H3,(H,34,37)(H2,31,32,33)/t16-,17+/m0/s1. The molecule has 2 atom stereocenters. The number of likely N-dealkylation sites (tertiary alicyclic amines) is 1. The van der Waals surface area contributed by atoms with Crippen LogP contribution in [-0.2, 0) is 17.6 Å². The van der Waals surface area contributed by atoms with E-state index < -0.39 is 76.5 Å². The number of ether oxygens (including phenoxy) is 1. The van der Waals surface area contributed by atoms with Crippen molar-refractivity contribution >= 4 is 23.3 Å². The number of carbonyl (C=O) groups is 2. The van der Waals surface area contributed by atoms with Gasteiger partial charge >= 0.3 is 12.3 Å². The zero-order valence-electron chi connectivity index (χ0n) is 20.9. The van der Waals surface area contributed by atoms with Gasteiger partial charge in [0.25, 0.3) is 5.91 Å². The number of nitrogens with two attached hydrogens (primary N) is 1. The van der Waals surface area contributed by atoms with Crippen molar-refractivity contribution in [1.29, 1.82) is 0 Å². The van der Waals surface area contributed by atoms with Crippen molar-refractivity contribution in [1.82, 2.24) is 24.8 Å². The van der Waals surface area contributed by atoms with Crippen LogP contribution in [0.3, 0.4) is 0 Å². The number of rotatable bonds is 4. The number of benzene rings is 1. The van der Waals surface area contributed by atoms with Crippen LogP contribution < -0.4 is 11.1 Å². The van der Waals surface area contributed by atoms with Gasteiger partial charge in [-0.15, -0.1) is 0 Å². The van der Waals surface area contributed by atoms with E-state index in [1.807, 2.05) is 0 Å². The van der Waals surface area contributed by atoms with E-state index in [0.717, 1.165) is 27.9 Å². The first-order valence-corrected chi connectivity index (χ1v) is 11.6. The quantitative estimate of drug-likeness (QED) is 0.462. The highest BCUT2D eigenvalue weighted by atomic mass is 19.4. The summed E-state index contributed by atoms with van der Waals surface area (Å²) in [4.78, 5) is 30.0. The number of amides is 2. The number of nitrogens with one attached hydrogen (secondary N) is 1. The number of fused-ring (bicyclic) bond motifs is 1. The molecule has 0 spiro atoms. The van der Waals surface area contributed by atoms with Crippen LogP contribution in [0.4, 0.5) is 37.0 Å². The van der Waals surface area contributed by atoms with E-state index in [2.05, 4.69) is 15.4 Å². The summed E-state index contributed by atoms with van der Waals surface area (Å²) in [7, 11) is 0. The van der Waals surface area contributed by atoms with E-state index in [1.54, 1.807) is 20.8 Å². The summed E-state index contributed by atoms with van der Waals surface area (Å²) in [6, 6.07) is 1.15. The number of halogens is 6. The fourth-order valence-electron chi connectivity index (χ4n) is 4.23. The lowest BCUT2D eigenvalue weighted by molar-refractivity contribution is -0.136. The zero-order valence-corrected chi connectivity index (χ0v) is 20.9. The summed E-state index contributed by atoms with van der Waals surface area (Å²) in [5.41, 5.74) is 1.20. The van der Waals surface area contributed by atoms with Crippen molar-refractivity contribution < 1.29 is 40.7 Å². The molecule has 0 radical (unpaired) electrons. The molecule has 2 aromatic heterocycles. The van der Waals surface area contributed by atoms with Gasteiger partial charge in [-0.3, -0.25) is 4.79 Å². The van der Waals surface area contributed by atoms with Crippen molar-refractivity contribution in [2.24, 2.45) is 0 Å². The smallest absolute Gasteiger partial charge is 0.418 e. The average molecular weight is 558 g/mol. The Kier molecular flexibility index (Phi) is 7.12. The van der Waals surface area contributed by atoms with Crippen molar-refractivity contribution in [3.05, 3.63) is 47.0 Å². The van der Waals surface area contributed by atoms with Crippen LogP contribution in [0.1, 0.15) is 42.3 Å². The van der Waals surface area contributed by atoms with Gasteiger partial charge in [0.2, 0.25) is 0 Å².